The van der Waals surface area contributed by atoms with E-state index in [4.69, 9.17) is 0 Å². The van der Waals surface area contributed by atoms with Gasteiger partial charge in [0.25, 0.3) is 5.91 Å². The molecular formula is C9H13N2O2. The van der Waals surface area contributed by atoms with Gasteiger partial charge >= 0.3 is 6.03 Å². The summed E-state index contributed by atoms with van der Waals surface area (Å²) >= 11 is 0. The zero-order valence-electron chi connectivity index (χ0n) is 7.51. The van der Waals surface area contributed by atoms with Gasteiger partial charge in [-0.1, -0.05) is 25.7 Å². The third-order valence-electron chi connectivity index (χ3n) is 2.92. The molecule has 3 amide bonds. The van der Waals surface area contributed by atoms with E-state index in [1.165, 1.54) is 0 Å². The number of carbonyl (C=O) groups excluding carboxylic acids is 2. The van der Waals surface area contributed by atoms with Gasteiger partial charge in [-0.2, -0.15) is 5.32 Å². The second-order valence-corrected chi connectivity index (χ2v) is 3.84. The lowest BCUT2D eigenvalue weighted by Crippen LogP contribution is -2.45. The maximum Gasteiger partial charge on any atom is 0.345 e. The fourth-order valence-corrected chi connectivity index (χ4v) is 2.16. The number of rotatable bonds is 0. The SMILES string of the molecule is O=C1[N]C(=O)C2(CCCCCC2)N1. The molecule has 0 aromatic carbocycles. The molecule has 1 N–H and O–H groups in total. The van der Waals surface area contributed by atoms with Crippen LogP contribution in [0.4, 0.5) is 4.79 Å². The van der Waals surface area contributed by atoms with Crippen molar-refractivity contribution in [1.82, 2.24) is 10.6 Å². The lowest BCUT2D eigenvalue weighted by molar-refractivity contribution is -0.124. The third kappa shape index (κ3) is 1.41. The lowest BCUT2D eigenvalue weighted by Gasteiger charge is -2.22. The molecule has 1 aliphatic carbocycles. The summed E-state index contributed by atoms with van der Waals surface area (Å²) in [5, 5.41) is 6.12. The van der Waals surface area contributed by atoms with Crippen LogP contribution < -0.4 is 10.6 Å². The quantitative estimate of drug-likeness (QED) is 0.565. The van der Waals surface area contributed by atoms with Gasteiger partial charge < -0.3 is 5.32 Å². The van der Waals surface area contributed by atoms with Crippen LogP contribution in [0, 0.1) is 0 Å². The van der Waals surface area contributed by atoms with Crippen LogP contribution in [0.5, 0.6) is 0 Å². The molecule has 0 unspecified atom stereocenters. The summed E-state index contributed by atoms with van der Waals surface area (Å²) in [6.45, 7) is 0. The molecular weight excluding hydrogens is 168 g/mol. The van der Waals surface area contributed by atoms with E-state index in [2.05, 4.69) is 10.6 Å². The number of urea groups is 1. The van der Waals surface area contributed by atoms with Crippen LogP contribution in [0.1, 0.15) is 38.5 Å². The molecule has 71 valence electrons. The zero-order valence-corrected chi connectivity index (χ0v) is 7.51. The summed E-state index contributed by atoms with van der Waals surface area (Å²) in [4.78, 5) is 22.4. The second kappa shape index (κ2) is 3.01. The first kappa shape index (κ1) is 8.53. The summed E-state index contributed by atoms with van der Waals surface area (Å²) in [7, 11) is 0. The van der Waals surface area contributed by atoms with Crippen molar-refractivity contribution in [2.24, 2.45) is 0 Å². The van der Waals surface area contributed by atoms with Crippen molar-refractivity contribution in [3.05, 3.63) is 0 Å². The van der Waals surface area contributed by atoms with Gasteiger partial charge in [0.05, 0.1) is 0 Å². The Morgan fingerprint density at radius 2 is 1.69 bits per heavy atom. The number of hydrogen-bond acceptors (Lipinski definition) is 2. The molecule has 2 aliphatic rings. The average Bonchev–Trinajstić information content (AvgIpc) is 2.29. The first-order chi connectivity index (χ1) is 6.23. The minimum atomic E-state index is -0.617. The van der Waals surface area contributed by atoms with Crippen molar-refractivity contribution in [2.75, 3.05) is 0 Å². The van der Waals surface area contributed by atoms with E-state index in [1.54, 1.807) is 0 Å². The number of carbonyl (C=O) groups is 2. The number of nitrogens with zero attached hydrogens (tertiary/aromatic N) is 1. The Kier molecular flexibility index (Phi) is 1.98. The minimum absolute atomic E-state index is 0.251. The van der Waals surface area contributed by atoms with Gasteiger partial charge in [-0.15, -0.1) is 0 Å². The Morgan fingerprint density at radius 1 is 1.08 bits per heavy atom. The standard InChI is InChI=1S/C9H13N2O2/c12-7-9(11-8(13)10-7)5-3-1-2-4-6-9/h1-6H2,(H,11,13). The van der Waals surface area contributed by atoms with Crippen molar-refractivity contribution >= 4 is 11.9 Å². The Hall–Kier alpha value is -1.06. The van der Waals surface area contributed by atoms with Crippen molar-refractivity contribution in [1.29, 1.82) is 0 Å². The second-order valence-electron chi connectivity index (χ2n) is 3.84. The van der Waals surface area contributed by atoms with Crippen LogP contribution in [-0.4, -0.2) is 17.5 Å². The molecule has 13 heavy (non-hydrogen) atoms. The molecule has 1 radical (unpaired) electrons. The van der Waals surface area contributed by atoms with E-state index in [0.717, 1.165) is 38.5 Å². The number of amides is 3. The molecule has 4 heteroatoms. The fourth-order valence-electron chi connectivity index (χ4n) is 2.16. The van der Waals surface area contributed by atoms with Gasteiger partial charge in [0.15, 0.2) is 0 Å². The molecule has 0 aromatic rings. The van der Waals surface area contributed by atoms with Crippen LogP contribution in [0.15, 0.2) is 0 Å². The normalized spacial score (nSPS) is 26.8. The van der Waals surface area contributed by atoms with E-state index in [0.29, 0.717) is 0 Å². The van der Waals surface area contributed by atoms with Crippen LogP contribution in [0.25, 0.3) is 0 Å². The smallest absolute Gasteiger partial charge is 0.322 e. The van der Waals surface area contributed by atoms with Crippen molar-refractivity contribution in [3.63, 3.8) is 0 Å². The maximum absolute atomic E-state index is 11.5. The van der Waals surface area contributed by atoms with E-state index < -0.39 is 11.6 Å². The highest BCUT2D eigenvalue weighted by Gasteiger charge is 2.46. The summed E-state index contributed by atoms with van der Waals surface area (Å²) in [6, 6.07) is -0.452. The van der Waals surface area contributed by atoms with E-state index in [1.807, 2.05) is 0 Å². The summed E-state index contributed by atoms with van der Waals surface area (Å²) in [5.41, 5.74) is -0.617. The Bertz CT molecular complexity index is 242. The van der Waals surface area contributed by atoms with Crippen LogP contribution in [0.2, 0.25) is 0 Å². The third-order valence-corrected chi connectivity index (χ3v) is 2.92. The monoisotopic (exact) mass is 181 g/mol. The molecule has 0 atom stereocenters. The molecule has 1 saturated carbocycles. The first-order valence-electron chi connectivity index (χ1n) is 4.81. The predicted molar refractivity (Wildman–Crippen MR) is 46.1 cm³/mol. The van der Waals surface area contributed by atoms with E-state index in [-0.39, 0.29) is 5.91 Å². The van der Waals surface area contributed by atoms with Gasteiger partial charge in [0.1, 0.15) is 5.54 Å². The van der Waals surface area contributed by atoms with E-state index in [9.17, 15) is 9.59 Å². The molecule has 0 bridgehead atoms. The predicted octanol–water partition coefficient (Wildman–Crippen LogP) is 0.934. The molecule has 0 aromatic heterocycles. The Balaban J connectivity index is 2.17. The van der Waals surface area contributed by atoms with E-state index >= 15 is 0 Å². The highest BCUT2D eigenvalue weighted by molar-refractivity contribution is 6.06. The highest BCUT2D eigenvalue weighted by atomic mass is 16.2. The molecule has 1 aliphatic heterocycles. The fraction of sp³-hybridized carbons (Fsp3) is 0.778. The van der Waals surface area contributed by atoms with Crippen molar-refractivity contribution < 1.29 is 9.59 Å². The number of hydrogen-bond donors (Lipinski definition) is 1. The number of imide groups is 1. The van der Waals surface area contributed by atoms with Gasteiger partial charge in [-0.25, -0.2) is 4.79 Å². The van der Waals surface area contributed by atoms with Crippen LogP contribution >= 0.6 is 0 Å². The Morgan fingerprint density at radius 3 is 2.15 bits per heavy atom. The highest BCUT2D eigenvalue weighted by Crippen LogP contribution is 2.29. The summed E-state index contributed by atoms with van der Waals surface area (Å²) in [5.74, 6) is -0.251. The van der Waals surface area contributed by atoms with Gasteiger partial charge in [0, 0.05) is 0 Å². The number of nitrogens with one attached hydrogen (secondary N) is 1. The van der Waals surface area contributed by atoms with Crippen molar-refractivity contribution in [3.8, 4) is 0 Å². The zero-order chi connectivity index (χ0) is 9.31. The summed E-state index contributed by atoms with van der Waals surface area (Å²) < 4.78 is 0. The molecule has 1 spiro atoms. The van der Waals surface area contributed by atoms with Gasteiger partial charge in [-0.05, 0) is 12.8 Å². The molecule has 1 saturated heterocycles. The maximum atomic E-state index is 11.5. The molecule has 2 fully saturated rings. The molecule has 1 heterocycles. The van der Waals surface area contributed by atoms with Crippen LogP contribution in [0.3, 0.4) is 0 Å². The first-order valence-corrected chi connectivity index (χ1v) is 4.81. The van der Waals surface area contributed by atoms with Gasteiger partial charge in [0.2, 0.25) is 0 Å². The lowest BCUT2D eigenvalue weighted by atomic mass is 9.91. The van der Waals surface area contributed by atoms with Crippen LogP contribution in [-0.2, 0) is 4.79 Å². The minimum Gasteiger partial charge on any atom is -0.322 e. The molecule has 2 rings (SSSR count). The Labute approximate surface area is 77.1 Å². The van der Waals surface area contributed by atoms with Crippen molar-refractivity contribution in [2.45, 2.75) is 44.1 Å². The van der Waals surface area contributed by atoms with Gasteiger partial charge in [-0.3, -0.25) is 4.79 Å². The molecule has 4 nitrogen and oxygen atoms in total. The topological polar surface area (TPSA) is 60.3 Å². The largest absolute Gasteiger partial charge is 0.345 e. The summed E-state index contributed by atoms with van der Waals surface area (Å²) in [6.07, 6.45) is 5.88. The average molecular weight is 181 g/mol.